The number of nitriles is 1. The van der Waals surface area contributed by atoms with E-state index in [1.807, 2.05) is 6.07 Å². The fourth-order valence-electron chi connectivity index (χ4n) is 1.85. The molecule has 0 saturated carbocycles. The molecule has 0 saturated heterocycles. The lowest BCUT2D eigenvalue weighted by Gasteiger charge is -2.15. The molecule has 66 valence electrons. The van der Waals surface area contributed by atoms with Crippen molar-refractivity contribution < 1.29 is 0 Å². The minimum atomic E-state index is -0.247. The lowest BCUT2D eigenvalue weighted by Crippen LogP contribution is -2.17. The number of hydrogen-bond acceptors (Lipinski definition) is 2. The Hall–Kier alpha value is -1.56. The molecule has 0 unspecified atom stereocenters. The SMILES string of the molecule is N#Cc1c2c(c[nH]c1=O)CCCC2. The van der Waals surface area contributed by atoms with Gasteiger partial charge >= 0.3 is 0 Å². The average molecular weight is 174 g/mol. The summed E-state index contributed by atoms with van der Waals surface area (Å²) in [6.07, 6.45) is 5.86. The van der Waals surface area contributed by atoms with Crippen molar-refractivity contribution in [1.29, 1.82) is 5.26 Å². The highest BCUT2D eigenvalue weighted by Crippen LogP contribution is 2.20. The molecule has 0 bridgehead atoms. The molecule has 0 aromatic carbocycles. The average Bonchev–Trinajstić information content (AvgIpc) is 2.18. The Morgan fingerprint density at radius 2 is 2.15 bits per heavy atom. The van der Waals surface area contributed by atoms with Crippen LogP contribution >= 0.6 is 0 Å². The zero-order valence-electron chi connectivity index (χ0n) is 7.26. The van der Waals surface area contributed by atoms with Crippen LogP contribution in [0.4, 0.5) is 0 Å². The molecule has 2 rings (SSSR count). The molecule has 0 aliphatic heterocycles. The van der Waals surface area contributed by atoms with Crippen LogP contribution in [-0.4, -0.2) is 4.98 Å². The summed E-state index contributed by atoms with van der Waals surface area (Å²) in [6, 6.07) is 1.98. The van der Waals surface area contributed by atoms with Crippen LogP contribution in [0.3, 0.4) is 0 Å². The first-order valence-electron chi connectivity index (χ1n) is 4.46. The summed E-state index contributed by atoms with van der Waals surface area (Å²) in [6.45, 7) is 0. The molecular weight excluding hydrogens is 164 g/mol. The summed E-state index contributed by atoms with van der Waals surface area (Å²) < 4.78 is 0. The predicted molar refractivity (Wildman–Crippen MR) is 48.4 cm³/mol. The van der Waals surface area contributed by atoms with E-state index >= 15 is 0 Å². The van der Waals surface area contributed by atoms with Crippen molar-refractivity contribution in [2.45, 2.75) is 25.7 Å². The third-order valence-electron chi connectivity index (χ3n) is 2.53. The van der Waals surface area contributed by atoms with Crippen LogP contribution in [0.25, 0.3) is 0 Å². The van der Waals surface area contributed by atoms with Gasteiger partial charge in [-0.1, -0.05) is 0 Å². The number of fused-ring (bicyclic) bond motifs is 1. The number of nitrogens with one attached hydrogen (secondary N) is 1. The van der Waals surface area contributed by atoms with Crippen LogP contribution in [0, 0.1) is 11.3 Å². The maximum Gasteiger partial charge on any atom is 0.266 e. The topological polar surface area (TPSA) is 56.6 Å². The molecule has 0 amide bonds. The monoisotopic (exact) mass is 174 g/mol. The van der Waals surface area contributed by atoms with Crippen LogP contribution in [-0.2, 0) is 12.8 Å². The van der Waals surface area contributed by atoms with E-state index in [9.17, 15) is 4.79 Å². The zero-order valence-corrected chi connectivity index (χ0v) is 7.26. The Morgan fingerprint density at radius 3 is 2.92 bits per heavy atom. The highest BCUT2D eigenvalue weighted by atomic mass is 16.1. The van der Waals surface area contributed by atoms with Crippen molar-refractivity contribution >= 4 is 0 Å². The van der Waals surface area contributed by atoms with Crippen LogP contribution in [0.5, 0.6) is 0 Å². The van der Waals surface area contributed by atoms with E-state index in [-0.39, 0.29) is 5.56 Å². The number of rotatable bonds is 0. The summed E-state index contributed by atoms with van der Waals surface area (Å²) in [5.41, 5.74) is 2.18. The molecule has 1 aromatic rings. The summed E-state index contributed by atoms with van der Waals surface area (Å²) in [7, 11) is 0. The largest absolute Gasteiger partial charge is 0.328 e. The summed E-state index contributed by atoms with van der Waals surface area (Å²) in [5, 5.41) is 8.80. The molecule has 0 radical (unpaired) electrons. The van der Waals surface area contributed by atoms with E-state index < -0.39 is 0 Å². The molecule has 13 heavy (non-hydrogen) atoms. The number of nitrogens with zero attached hydrogens (tertiary/aromatic N) is 1. The highest BCUT2D eigenvalue weighted by molar-refractivity contribution is 5.41. The van der Waals surface area contributed by atoms with Gasteiger partial charge in [-0.2, -0.15) is 5.26 Å². The molecule has 1 N–H and O–H groups in total. The van der Waals surface area contributed by atoms with E-state index in [4.69, 9.17) is 5.26 Å². The second-order valence-electron chi connectivity index (χ2n) is 3.32. The Balaban J connectivity index is 2.67. The molecular formula is C10H10N2O. The molecule has 0 atom stereocenters. The van der Waals surface area contributed by atoms with E-state index in [0.29, 0.717) is 5.56 Å². The summed E-state index contributed by atoms with van der Waals surface area (Å²) >= 11 is 0. The van der Waals surface area contributed by atoms with Crippen LogP contribution in [0.2, 0.25) is 0 Å². The first-order valence-corrected chi connectivity index (χ1v) is 4.46. The van der Waals surface area contributed by atoms with Gasteiger partial charge in [-0.25, -0.2) is 0 Å². The molecule has 1 aliphatic carbocycles. The minimum Gasteiger partial charge on any atom is -0.328 e. The fourth-order valence-corrected chi connectivity index (χ4v) is 1.85. The van der Waals surface area contributed by atoms with Gasteiger partial charge in [0, 0.05) is 6.20 Å². The normalized spacial score (nSPS) is 14.7. The molecule has 3 nitrogen and oxygen atoms in total. The maximum atomic E-state index is 11.2. The Kier molecular flexibility index (Phi) is 1.90. The number of aryl methyl sites for hydroxylation is 1. The lowest BCUT2D eigenvalue weighted by molar-refractivity contribution is 0.679. The van der Waals surface area contributed by atoms with Crippen molar-refractivity contribution in [2.24, 2.45) is 0 Å². The van der Waals surface area contributed by atoms with Gasteiger partial charge in [0.2, 0.25) is 0 Å². The van der Waals surface area contributed by atoms with Gasteiger partial charge in [-0.3, -0.25) is 4.79 Å². The number of aromatic amines is 1. The second-order valence-corrected chi connectivity index (χ2v) is 3.32. The Morgan fingerprint density at radius 1 is 1.38 bits per heavy atom. The lowest BCUT2D eigenvalue weighted by atomic mass is 9.90. The zero-order chi connectivity index (χ0) is 9.26. The van der Waals surface area contributed by atoms with Crippen molar-refractivity contribution in [3.8, 4) is 6.07 Å². The smallest absolute Gasteiger partial charge is 0.266 e. The fraction of sp³-hybridized carbons (Fsp3) is 0.400. The molecule has 1 heterocycles. The van der Waals surface area contributed by atoms with Gasteiger partial charge in [0.1, 0.15) is 11.6 Å². The number of H-pyrrole nitrogens is 1. The quantitative estimate of drug-likeness (QED) is 0.640. The molecule has 3 heteroatoms. The van der Waals surface area contributed by atoms with E-state index in [0.717, 1.165) is 36.8 Å². The molecule has 1 aromatic heterocycles. The van der Waals surface area contributed by atoms with Gasteiger partial charge in [-0.05, 0) is 36.8 Å². The first-order chi connectivity index (χ1) is 6.33. The van der Waals surface area contributed by atoms with E-state index in [1.54, 1.807) is 6.20 Å². The van der Waals surface area contributed by atoms with Crippen LogP contribution < -0.4 is 5.56 Å². The number of hydrogen-bond donors (Lipinski definition) is 1. The van der Waals surface area contributed by atoms with Crippen LogP contribution in [0.15, 0.2) is 11.0 Å². The van der Waals surface area contributed by atoms with Gasteiger partial charge in [0.25, 0.3) is 5.56 Å². The first kappa shape index (κ1) is 8.06. The molecule has 1 aliphatic rings. The predicted octanol–water partition coefficient (Wildman–Crippen LogP) is 1.13. The van der Waals surface area contributed by atoms with Gasteiger partial charge in [-0.15, -0.1) is 0 Å². The second kappa shape index (κ2) is 3.06. The van der Waals surface area contributed by atoms with E-state index in [1.165, 1.54) is 0 Å². The van der Waals surface area contributed by atoms with Crippen molar-refractivity contribution in [2.75, 3.05) is 0 Å². The summed E-state index contributed by atoms with van der Waals surface area (Å²) in [4.78, 5) is 13.8. The molecule has 0 fully saturated rings. The van der Waals surface area contributed by atoms with Crippen molar-refractivity contribution in [3.63, 3.8) is 0 Å². The highest BCUT2D eigenvalue weighted by Gasteiger charge is 2.15. The van der Waals surface area contributed by atoms with Crippen molar-refractivity contribution in [1.82, 2.24) is 4.98 Å². The van der Waals surface area contributed by atoms with E-state index in [2.05, 4.69) is 4.98 Å². The standard InChI is InChI=1S/C10H10N2O/c11-5-9-8-4-2-1-3-7(8)6-12-10(9)13/h6H,1-4H2,(H,12,13). The molecule has 0 spiro atoms. The third kappa shape index (κ3) is 1.25. The Bertz CT molecular complexity index is 426. The van der Waals surface area contributed by atoms with Crippen molar-refractivity contribution in [3.05, 3.63) is 33.2 Å². The van der Waals surface area contributed by atoms with Gasteiger partial charge in [0.15, 0.2) is 0 Å². The Labute approximate surface area is 76.0 Å². The summed E-state index contributed by atoms with van der Waals surface area (Å²) in [5.74, 6) is 0. The van der Waals surface area contributed by atoms with Crippen LogP contribution in [0.1, 0.15) is 29.5 Å². The maximum absolute atomic E-state index is 11.2. The van der Waals surface area contributed by atoms with Gasteiger partial charge < -0.3 is 4.98 Å². The minimum absolute atomic E-state index is 0.247. The number of pyridine rings is 1. The number of aromatic nitrogens is 1. The third-order valence-corrected chi connectivity index (χ3v) is 2.53. The van der Waals surface area contributed by atoms with Gasteiger partial charge in [0.05, 0.1) is 0 Å².